The third-order valence-corrected chi connectivity index (χ3v) is 4.75. The number of anilines is 2. The highest BCUT2D eigenvalue weighted by atomic mass is 32.2. The molecule has 0 aliphatic carbocycles. The van der Waals surface area contributed by atoms with Crippen LogP contribution in [-0.2, 0) is 4.74 Å². The van der Waals surface area contributed by atoms with E-state index < -0.39 is 0 Å². The van der Waals surface area contributed by atoms with Crippen molar-refractivity contribution in [3.05, 3.63) is 23.8 Å². The molecule has 0 amide bonds. The molecule has 3 heterocycles. The number of thioether (sulfide) groups is 1. The van der Waals surface area contributed by atoms with Crippen LogP contribution in [0.2, 0.25) is 0 Å². The fraction of sp³-hybridized carbons (Fsp3) is 0.467. The largest absolute Gasteiger partial charge is 0.355 e. The smallest absolute Gasteiger partial charge is 0.177 e. The van der Waals surface area contributed by atoms with Gasteiger partial charge in [0.15, 0.2) is 17.6 Å². The predicted molar refractivity (Wildman–Crippen MR) is 91.7 cm³/mol. The standard InChI is InChI=1S/C15H19N5OS/c1-2-3-6-16-15-20-19-12(8-22-15)9-4-5-10-11(7-9)18-14-13(17-10)21-14/h4-5,7,13-14,17-18H,2-3,6,8H2,1H3,(H,16,20). The van der Waals surface area contributed by atoms with Crippen molar-refractivity contribution in [2.24, 2.45) is 10.1 Å². The third kappa shape index (κ3) is 2.78. The van der Waals surface area contributed by atoms with Crippen LogP contribution in [0.3, 0.4) is 0 Å². The summed E-state index contributed by atoms with van der Waals surface area (Å²) in [6, 6.07) is 6.30. The Morgan fingerprint density at radius 1 is 1.32 bits per heavy atom. The molecule has 3 aliphatic heterocycles. The number of rotatable bonds is 4. The number of fused-ring (bicyclic) bond motifs is 2. The van der Waals surface area contributed by atoms with Gasteiger partial charge in [-0.05, 0) is 18.6 Å². The molecule has 2 unspecified atom stereocenters. The molecular weight excluding hydrogens is 298 g/mol. The molecule has 0 saturated carbocycles. The van der Waals surface area contributed by atoms with Crippen LogP contribution in [0.4, 0.5) is 11.4 Å². The van der Waals surface area contributed by atoms with Gasteiger partial charge < -0.3 is 15.4 Å². The van der Waals surface area contributed by atoms with Gasteiger partial charge in [-0.1, -0.05) is 31.2 Å². The molecule has 0 aromatic heterocycles. The van der Waals surface area contributed by atoms with Crippen molar-refractivity contribution in [2.75, 3.05) is 22.9 Å². The molecule has 1 fully saturated rings. The second-order valence-electron chi connectivity index (χ2n) is 5.53. The minimum atomic E-state index is 0.112. The van der Waals surface area contributed by atoms with Gasteiger partial charge in [0.2, 0.25) is 0 Å². The van der Waals surface area contributed by atoms with E-state index in [1.54, 1.807) is 11.8 Å². The van der Waals surface area contributed by atoms with E-state index >= 15 is 0 Å². The SMILES string of the molecule is CCCCN=C1NN=C(c2ccc3c(c2)NC2OC2N3)CS1. The first kappa shape index (κ1) is 13.9. The number of hydrazone groups is 1. The number of aliphatic imine (C=N–C) groups is 1. The second-order valence-corrected chi connectivity index (χ2v) is 6.49. The van der Waals surface area contributed by atoms with Gasteiger partial charge in [-0.2, -0.15) is 5.10 Å². The van der Waals surface area contributed by atoms with E-state index in [4.69, 9.17) is 4.74 Å². The molecular formula is C15H19N5OS. The molecule has 4 rings (SSSR count). The summed E-state index contributed by atoms with van der Waals surface area (Å²) in [5.74, 6) is 0.840. The number of nitrogens with zero attached hydrogens (tertiary/aromatic N) is 2. The molecule has 1 aromatic rings. The lowest BCUT2D eigenvalue weighted by Crippen LogP contribution is -2.26. The van der Waals surface area contributed by atoms with Gasteiger partial charge in [0.05, 0.1) is 17.1 Å². The summed E-state index contributed by atoms with van der Waals surface area (Å²) in [4.78, 5) is 4.51. The minimum absolute atomic E-state index is 0.112. The number of nitrogens with one attached hydrogen (secondary N) is 3. The minimum Gasteiger partial charge on any atom is -0.355 e. The zero-order chi connectivity index (χ0) is 14.9. The maximum absolute atomic E-state index is 5.42. The fourth-order valence-electron chi connectivity index (χ4n) is 2.49. The van der Waals surface area contributed by atoms with E-state index in [0.29, 0.717) is 0 Å². The highest BCUT2D eigenvalue weighted by molar-refractivity contribution is 8.14. The molecule has 7 heteroatoms. The van der Waals surface area contributed by atoms with Gasteiger partial charge >= 0.3 is 0 Å². The fourth-order valence-corrected chi connectivity index (χ4v) is 3.29. The van der Waals surface area contributed by atoms with Crippen molar-refractivity contribution in [3.63, 3.8) is 0 Å². The number of hydrogen-bond acceptors (Lipinski definition) is 6. The zero-order valence-electron chi connectivity index (χ0n) is 12.4. The molecule has 3 N–H and O–H groups in total. The third-order valence-electron chi connectivity index (χ3n) is 3.84. The maximum Gasteiger partial charge on any atom is 0.177 e. The Kier molecular flexibility index (Phi) is 3.67. The normalized spacial score (nSPS) is 27.0. The Hall–Kier alpha value is -1.73. The lowest BCUT2D eigenvalue weighted by Gasteiger charge is -2.19. The number of hydrogen-bond donors (Lipinski definition) is 3. The molecule has 3 aliphatic rings. The maximum atomic E-state index is 5.42. The van der Waals surface area contributed by atoms with Crippen LogP contribution in [0.5, 0.6) is 0 Å². The Morgan fingerprint density at radius 3 is 2.95 bits per heavy atom. The quantitative estimate of drug-likeness (QED) is 0.587. The lowest BCUT2D eigenvalue weighted by molar-refractivity contribution is 0.398. The summed E-state index contributed by atoms with van der Waals surface area (Å²) in [7, 11) is 0. The first-order valence-corrected chi connectivity index (χ1v) is 8.65. The van der Waals surface area contributed by atoms with Gasteiger partial charge in [-0.15, -0.1) is 0 Å². The van der Waals surface area contributed by atoms with Gasteiger partial charge in [-0.25, -0.2) is 0 Å². The summed E-state index contributed by atoms with van der Waals surface area (Å²) in [6.45, 7) is 3.04. The zero-order valence-corrected chi connectivity index (χ0v) is 13.2. The Morgan fingerprint density at radius 2 is 2.18 bits per heavy atom. The van der Waals surface area contributed by atoms with E-state index in [0.717, 1.165) is 53.0 Å². The van der Waals surface area contributed by atoms with Crippen LogP contribution in [0, 0.1) is 0 Å². The average Bonchev–Trinajstić information content (AvgIpc) is 3.31. The van der Waals surface area contributed by atoms with Crippen LogP contribution in [0.15, 0.2) is 28.3 Å². The van der Waals surface area contributed by atoms with Gasteiger partial charge in [-0.3, -0.25) is 10.4 Å². The lowest BCUT2D eigenvalue weighted by atomic mass is 10.1. The summed E-state index contributed by atoms with van der Waals surface area (Å²) >= 11 is 1.71. The van der Waals surface area contributed by atoms with E-state index in [1.165, 1.54) is 0 Å². The highest BCUT2D eigenvalue weighted by Gasteiger charge is 2.43. The molecule has 22 heavy (non-hydrogen) atoms. The summed E-state index contributed by atoms with van der Waals surface area (Å²) in [5, 5.41) is 12.1. The summed E-state index contributed by atoms with van der Waals surface area (Å²) in [5.41, 5.74) is 7.39. The van der Waals surface area contributed by atoms with Crippen LogP contribution < -0.4 is 16.1 Å². The van der Waals surface area contributed by atoms with Crippen molar-refractivity contribution < 1.29 is 4.74 Å². The van der Waals surface area contributed by atoms with Crippen LogP contribution >= 0.6 is 11.8 Å². The molecule has 1 aromatic carbocycles. The number of amidine groups is 1. The van der Waals surface area contributed by atoms with Crippen LogP contribution in [0.25, 0.3) is 0 Å². The predicted octanol–water partition coefficient (Wildman–Crippen LogP) is 2.40. The Balaban J connectivity index is 1.47. The Labute approximate surface area is 133 Å². The van der Waals surface area contributed by atoms with Gasteiger partial charge in [0.25, 0.3) is 0 Å². The molecule has 6 nitrogen and oxygen atoms in total. The Bertz CT molecular complexity index is 645. The van der Waals surface area contributed by atoms with Gasteiger partial charge in [0.1, 0.15) is 0 Å². The molecule has 0 spiro atoms. The molecule has 2 atom stereocenters. The van der Waals surface area contributed by atoms with Crippen molar-refractivity contribution in [2.45, 2.75) is 32.2 Å². The van der Waals surface area contributed by atoms with E-state index in [-0.39, 0.29) is 12.5 Å². The van der Waals surface area contributed by atoms with Crippen LogP contribution in [0.1, 0.15) is 25.3 Å². The van der Waals surface area contributed by atoms with Crippen molar-refractivity contribution in [1.29, 1.82) is 0 Å². The second kappa shape index (κ2) is 5.81. The topological polar surface area (TPSA) is 73.3 Å². The number of ether oxygens (including phenoxy) is 1. The first-order valence-electron chi connectivity index (χ1n) is 7.66. The van der Waals surface area contributed by atoms with E-state index in [1.807, 2.05) is 0 Å². The van der Waals surface area contributed by atoms with E-state index in [9.17, 15) is 0 Å². The van der Waals surface area contributed by atoms with Crippen molar-refractivity contribution >= 4 is 34.0 Å². The molecule has 1 saturated heterocycles. The first-order chi connectivity index (χ1) is 10.8. The monoisotopic (exact) mass is 317 g/mol. The van der Waals surface area contributed by atoms with Crippen molar-refractivity contribution in [3.8, 4) is 0 Å². The summed E-state index contributed by atoms with van der Waals surface area (Å²) in [6.07, 6.45) is 2.53. The highest BCUT2D eigenvalue weighted by Crippen LogP contribution is 2.37. The number of unbranched alkanes of at least 4 members (excludes halogenated alkanes) is 1. The molecule has 0 bridgehead atoms. The summed E-state index contributed by atoms with van der Waals surface area (Å²) < 4.78 is 5.42. The number of epoxide rings is 1. The average molecular weight is 317 g/mol. The molecule has 116 valence electrons. The number of benzene rings is 1. The van der Waals surface area contributed by atoms with Gasteiger partial charge in [0, 0.05) is 17.9 Å². The van der Waals surface area contributed by atoms with Crippen molar-refractivity contribution in [1.82, 2.24) is 5.43 Å². The van der Waals surface area contributed by atoms with Crippen LogP contribution in [-0.4, -0.2) is 35.6 Å². The van der Waals surface area contributed by atoms with E-state index in [2.05, 4.69) is 51.3 Å². The molecule has 0 radical (unpaired) electrons.